The largest absolute Gasteiger partial charge is 0.396 e. The number of hydrogen-bond donors (Lipinski definition) is 2. The topological polar surface area (TPSA) is 58.6 Å². The Morgan fingerprint density at radius 2 is 2.24 bits per heavy atom. The highest BCUT2D eigenvalue weighted by Crippen LogP contribution is 2.06. The first-order chi connectivity index (χ1) is 8.19. The van der Waals surface area contributed by atoms with Gasteiger partial charge in [-0.3, -0.25) is 4.79 Å². The zero-order chi connectivity index (χ0) is 12.7. The molecule has 0 fully saturated rings. The SMILES string of the molecule is COCC(CCO)NC(=O)c1ccccc1F. The number of amides is 1. The molecule has 0 saturated carbocycles. The van der Waals surface area contributed by atoms with Gasteiger partial charge in [-0.15, -0.1) is 0 Å². The van der Waals surface area contributed by atoms with E-state index in [9.17, 15) is 9.18 Å². The number of carbonyl (C=O) groups excluding carboxylic acids is 1. The average molecular weight is 241 g/mol. The van der Waals surface area contributed by atoms with Crippen LogP contribution < -0.4 is 5.32 Å². The molecular formula is C12H16FNO3. The van der Waals surface area contributed by atoms with Crippen LogP contribution in [-0.2, 0) is 4.74 Å². The highest BCUT2D eigenvalue weighted by Gasteiger charge is 2.15. The van der Waals surface area contributed by atoms with Crippen molar-refractivity contribution in [1.82, 2.24) is 5.32 Å². The second kappa shape index (κ2) is 6.98. The summed E-state index contributed by atoms with van der Waals surface area (Å²) >= 11 is 0. The standard InChI is InChI=1S/C12H16FNO3/c1-17-8-9(6-7-15)14-12(16)10-4-2-3-5-11(10)13/h2-5,9,15H,6-8H2,1H3,(H,14,16). The van der Waals surface area contributed by atoms with Gasteiger partial charge in [0.05, 0.1) is 18.2 Å². The van der Waals surface area contributed by atoms with E-state index in [0.29, 0.717) is 6.42 Å². The number of benzene rings is 1. The molecular weight excluding hydrogens is 225 g/mol. The maximum Gasteiger partial charge on any atom is 0.254 e. The fraction of sp³-hybridized carbons (Fsp3) is 0.417. The molecule has 0 aromatic heterocycles. The molecule has 17 heavy (non-hydrogen) atoms. The van der Waals surface area contributed by atoms with E-state index < -0.39 is 11.7 Å². The van der Waals surface area contributed by atoms with E-state index >= 15 is 0 Å². The second-order valence-electron chi connectivity index (χ2n) is 3.62. The third-order valence-electron chi connectivity index (χ3n) is 2.30. The van der Waals surface area contributed by atoms with Gasteiger partial charge in [0.2, 0.25) is 0 Å². The number of rotatable bonds is 6. The minimum atomic E-state index is -0.565. The smallest absolute Gasteiger partial charge is 0.254 e. The first kappa shape index (κ1) is 13.6. The van der Waals surface area contributed by atoms with Crippen molar-refractivity contribution in [3.8, 4) is 0 Å². The lowest BCUT2D eigenvalue weighted by Gasteiger charge is -2.16. The molecule has 2 N–H and O–H groups in total. The normalized spacial score (nSPS) is 12.2. The van der Waals surface area contributed by atoms with Crippen LogP contribution in [0, 0.1) is 5.82 Å². The van der Waals surface area contributed by atoms with Crippen molar-refractivity contribution < 1.29 is 19.0 Å². The van der Waals surface area contributed by atoms with Crippen LogP contribution in [0.4, 0.5) is 4.39 Å². The van der Waals surface area contributed by atoms with Crippen LogP contribution in [0.3, 0.4) is 0 Å². The third kappa shape index (κ3) is 4.13. The fourth-order valence-electron chi connectivity index (χ4n) is 1.46. The summed E-state index contributed by atoms with van der Waals surface area (Å²) in [5.74, 6) is -1.07. The van der Waals surface area contributed by atoms with Crippen molar-refractivity contribution in [3.05, 3.63) is 35.6 Å². The minimum Gasteiger partial charge on any atom is -0.396 e. The van der Waals surface area contributed by atoms with Crippen LogP contribution in [0.1, 0.15) is 16.8 Å². The van der Waals surface area contributed by atoms with Crippen LogP contribution in [0.15, 0.2) is 24.3 Å². The number of carbonyl (C=O) groups is 1. The summed E-state index contributed by atoms with van der Waals surface area (Å²) in [7, 11) is 1.50. The zero-order valence-electron chi connectivity index (χ0n) is 9.65. The molecule has 1 aromatic carbocycles. The predicted molar refractivity (Wildman–Crippen MR) is 61.2 cm³/mol. The van der Waals surface area contributed by atoms with E-state index in [1.165, 1.54) is 25.3 Å². The number of aliphatic hydroxyl groups is 1. The first-order valence-electron chi connectivity index (χ1n) is 5.34. The van der Waals surface area contributed by atoms with Crippen molar-refractivity contribution in [2.24, 2.45) is 0 Å². The van der Waals surface area contributed by atoms with E-state index in [2.05, 4.69) is 5.32 Å². The van der Waals surface area contributed by atoms with Gasteiger partial charge in [0.25, 0.3) is 5.91 Å². The summed E-state index contributed by atoms with van der Waals surface area (Å²) in [4.78, 5) is 11.7. The molecule has 0 radical (unpaired) electrons. The summed E-state index contributed by atoms with van der Waals surface area (Å²) < 4.78 is 18.2. The molecule has 0 spiro atoms. The first-order valence-corrected chi connectivity index (χ1v) is 5.34. The highest BCUT2D eigenvalue weighted by molar-refractivity contribution is 5.94. The summed E-state index contributed by atoms with van der Waals surface area (Å²) in [5.41, 5.74) is -0.00783. The maximum absolute atomic E-state index is 13.3. The number of aliphatic hydroxyl groups excluding tert-OH is 1. The number of hydrogen-bond acceptors (Lipinski definition) is 3. The lowest BCUT2D eigenvalue weighted by atomic mass is 10.1. The molecule has 0 heterocycles. The molecule has 5 heteroatoms. The minimum absolute atomic E-state index is 0.00783. The molecule has 0 bridgehead atoms. The number of ether oxygens (including phenoxy) is 1. The van der Waals surface area contributed by atoms with E-state index in [1.54, 1.807) is 6.07 Å². The van der Waals surface area contributed by atoms with Crippen molar-refractivity contribution in [2.45, 2.75) is 12.5 Å². The van der Waals surface area contributed by atoms with Crippen LogP contribution >= 0.6 is 0 Å². The molecule has 1 amide bonds. The van der Waals surface area contributed by atoms with Gasteiger partial charge in [0.15, 0.2) is 0 Å². The monoisotopic (exact) mass is 241 g/mol. The Bertz CT molecular complexity index is 365. The van der Waals surface area contributed by atoms with Gasteiger partial charge in [0, 0.05) is 13.7 Å². The van der Waals surface area contributed by atoms with Crippen LogP contribution in [0.25, 0.3) is 0 Å². The van der Waals surface area contributed by atoms with E-state index in [4.69, 9.17) is 9.84 Å². The van der Waals surface area contributed by atoms with Gasteiger partial charge in [0.1, 0.15) is 5.82 Å². The molecule has 1 unspecified atom stereocenters. The van der Waals surface area contributed by atoms with Crippen LogP contribution in [-0.4, -0.2) is 37.4 Å². The van der Waals surface area contributed by atoms with E-state index in [-0.39, 0.29) is 24.8 Å². The lowest BCUT2D eigenvalue weighted by Crippen LogP contribution is -2.39. The highest BCUT2D eigenvalue weighted by atomic mass is 19.1. The molecule has 1 atom stereocenters. The molecule has 0 aliphatic carbocycles. The Morgan fingerprint density at radius 3 is 2.82 bits per heavy atom. The fourth-order valence-corrected chi connectivity index (χ4v) is 1.46. The number of halogens is 1. The van der Waals surface area contributed by atoms with Gasteiger partial charge in [-0.05, 0) is 18.6 Å². The lowest BCUT2D eigenvalue weighted by molar-refractivity contribution is 0.0875. The van der Waals surface area contributed by atoms with Crippen LogP contribution in [0.2, 0.25) is 0 Å². The predicted octanol–water partition coefficient (Wildman–Crippen LogP) is 0.953. The van der Waals surface area contributed by atoms with Crippen molar-refractivity contribution in [1.29, 1.82) is 0 Å². The quantitative estimate of drug-likeness (QED) is 0.779. The molecule has 1 aromatic rings. The zero-order valence-corrected chi connectivity index (χ0v) is 9.65. The number of methoxy groups -OCH3 is 1. The molecule has 0 saturated heterocycles. The Labute approximate surface area is 99.4 Å². The van der Waals surface area contributed by atoms with E-state index in [0.717, 1.165) is 0 Å². The van der Waals surface area contributed by atoms with Crippen molar-refractivity contribution >= 4 is 5.91 Å². The average Bonchev–Trinajstić information content (AvgIpc) is 2.30. The Hall–Kier alpha value is -1.46. The maximum atomic E-state index is 13.3. The van der Waals surface area contributed by atoms with Gasteiger partial charge >= 0.3 is 0 Å². The molecule has 1 rings (SSSR count). The summed E-state index contributed by atoms with van der Waals surface area (Å²) in [6, 6.07) is 5.43. The van der Waals surface area contributed by atoms with Gasteiger partial charge < -0.3 is 15.2 Å². The van der Waals surface area contributed by atoms with Gasteiger partial charge in [-0.1, -0.05) is 12.1 Å². The Morgan fingerprint density at radius 1 is 1.53 bits per heavy atom. The van der Waals surface area contributed by atoms with Gasteiger partial charge in [-0.25, -0.2) is 4.39 Å². The third-order valence-corrected chi connectivity index (χ3v) is 2.30. The van der Waals surface area contributed by atoms with Crippen molar-refractivity contribution in [3.63, 3.8) is 0 Å². The summed E-state index contributed by atoms with van der Waals surface area (Å²) in [6.07, 6.45) is 0.369. The number of nitrogens with one attached hydrogen (secondary N) is 1. The van der Waals surface area contributed by atoms with Crippen molar-refractivity contribution in [2.75, 3.05) is 20.3 Å². The Balaban J connectivity index is 2.67. The van der Waals surface area contributed by atoms with E-state index in [1.807, 2.05) is 0 Å². The molecule has 0 aliphatic rings. The molecule has 0 aliphatic heterocycles. The molecule has 94 valence electrons. The van der Waals surface area contributed by atoms with Gasteiger partial charge in [-0.2, -0.15) is 0 Å². The molecule has 4 nitrogen and oxygen atoms in total. The summed E-state index contributed by atoms with van der Waals surface area (Å²) in [6.45, 7) is 0.215. The second-order valence-corrected chi connectivity index (χ2v) is 3.62. The Kier molecular flexibility index (Phi) is 5.59. The van der Waals surface area contributed by atoms with Crippen LogP contribution in [0.5, 0.6) is 0 Å². The summed E-state index contributed by atoms with van der Waals surface area (Å²) in [5, 5.41) is 11.4.